The van der Waals surface area contributed by atoms with Gasteiger partial charge in [0, 0.05) is 0 Å². The fourth-order valence-electron chi connectivity index (χ4n) is 28.6. The van der Waals surface area contributed by atoms with Crippen LogP contribution in [0, 0.1) is 10.8 Å². The third-order valence-corrected chi connectivity index (χ3v) is 75.2. The minimum atomic E-state index is -4.79. The van der Waals surface area contributed by atoms with Crippen LogP contribution in [0.3, 0.4) is 0 Å². The van der Waals surface area contributed by atoms with E-state index in [2.05, 4.69) is 165 Å². The maximum atomic E-state index is 5.84. The molecule has 10 saturated heterocycles. The molecule has 2 aromatic heterocycles. The summed E-state index contributed by atoms with van der Waals surface area (Å²) in [4.78, 5) is 18.1. The van der Waals surface area contributed by atoms with Crippen molar-refractivity contribution in [3.63, 3.8) is 0 Å². The molecule has 4 aromatic rings. The van der Waals surface area contributed by atoms with Gasteiger partial charge in [-0.3, -0.25) is 0 Å². The molecular weight excluding hydrogens is 698 g/mol. The van der Waals surface area contributed by atoms with Crippen LogP contribution < -0.4 is 0 Å². The standard InChI is InChI=1S/C41H53N2P2.C5H5.Fe/c1-37(2,3)31-25-30(29(36(31)38(4,5)6)26-45(39(7,8)9)40(10,11)12)41(44,34-23-21-27-17-13-15-19-32(27)42-34)35-24-22-28-18-14-16-20-33(28)43-35;1-2-4-5-3-1;/h13-25H,26,44H2,1-12H3;1-5H;. The summed E-state index contributed by atoms with van der Waals surface area (Å²) in [7, 11) is 3.52. The Hall–Kier alpha value is -1.36. The second-order valence-corrected chi connectivity index (χ2v) is 52.4. The van der Waals surface area contributed by atoms with E-state index in [1.165, 1.54) is 28.3 Å². The molecule has 2 nitrogen and oxygen atoms in total. The number of benzene rings is 2. The average Bonchev–Trinajstić information content (AvgIpc) is 3.99. The number of aromatic nitrogens is 2. The third-order valence-electron chi connectivity index (χ3n) is 24.2. The van der Waals surface area contributed by atoms with Crippen LogP contribution in [0.25, 0.3) is 21.8 Å². The molecule has 0 radical (unpaired) electrons. The fourth-order valence-corrected chi connectivity index (χ4v) is 126. The maximum absolute atomic E-state index is 5.84. The Kier molecular flexibility index (Phi) is 2.82. The summed E-state index contributed by atoms with van der Waals surface area (Å²) in [6.07, 6.45) is 1.50. The van der Waals surface area contributed by atoms with Gasteiger partial charge in [0.05, 0.1) is 0 Å². The SMILES string of the molecule is CC(C)(C)P(C[C]12[C]3(C(P)(c4ccc5ccccc5n4)c4ccc5ccccc5n4)[CH]4[C]5(C(C)(C)C)[C]1(C(C)(C)C)[Fe]42351678[CH]2[CH]1[CH]6[CH]7[CH]28)C(C)(C)C. The van der Waals surface area contributed by atoms with Crippen LogP contribution in [-0.2, 0) is 11.7 Å². The van der Waals surface area contributed by atoms with Crippen LogP contribution in [0.1, 0.15) is 94.5 Å². The van der Waals surface area contributed by atoms with E-state index in [-0.39, 0.29) is 13.1 Å². The third kappa shape index (κ3) is 0.865. The molecule has 1 spiro atoms. The van der Waals surface area contributed by atoms with Crippen molar-refractivity contribution in [3.8, 4) is 0 Å². The van der Waals surface area contributed by atoms with E-state index < -0.39 is 6.51 Å². The summed E-state index contributed by atoms with van der Waals surface area (Å²) in [5, 5.41) is 2.81. The van der Waals surface area contributed by atoms with E-state index in [4.69, 9.17) is 9.97 Å². The number of nitrogens with zero attached hydrogens (tertiary/aromatic N) is 2. The molecule has 0 N–H and O–H groups in total. The number of hydrogen-bond acceptors (Lipinski definition) is 2. The van der Waals surface area contributed by atoms with Crippen LogP contribution in [0.4, 0.5) is 0 Å². The van der Waals surface area contributed by atoms with Gasteiger partial charge >= 0.3 is 301 Å². The van der Waals surface area contributed by atoms with Crippen molar-refractivity contribution < 1.29 is 6.51 Å². The number of rotatable bonds is 5. The predicted octanol–water partition coefficient (Wildman–Crippen LogP) is 13.9. The van der Waals surface area contributed by atoms with E-state index in [1.54, 1.807) is 0 Å². The summed E-state index contributed by atoms with van der Waals surface area (Å²) in [6, 6.07) is 27.5. The molecule has 0 amide bonds. The molecule has 0 aliphatic carbocycles. The normalized spacial score (nSPS) is 54.0. The zero-order chi connectivity index (χ0) is 35.9. The Morgan fingerprint density at radius 1 is 0.588 bits per heavy atom. The average molecular weight is 757 g/mol. The summed E-state index contributed by atoms with van der Waals surface area (Å²) in [5.41, 5.74) is 5.55. The summed E-state index contributed by atoms with van der Waals surface area (Å²) < 4.78 is 1.94. The second kappa shape index (κ2) is 4.80. The van der Waals surface area contributed by atoms with Crippen molar-refractivity contribution in [3.05, 3.63) is 84.2 Å². The topological polar surface area (TPSA) is 25.8 Å². The minimum absolute atomic E-state index is 0.274. The van der Waals surface area contributed by atoms with Crippen LogP contribution in [0.2, 0.25) is 46.2 Å². The van der Waals surface area contributed by atoms with Crippen LogP contribution >= 0.6 is 17.2 Å². The monoisotopic (exact) mass is 756 g/mol. The van der Waals surface area contributed by atoms with Gasteiger partial charge in [0.15, 0.2) is 0 Å². The van der Waals surface area contributed by atoms with Crippen molar-refractivity contribution in [2.24, 2.45) is 10.8 Å². The Morgan fingerprint density at radius 3 is 1.39 bits per heavy atom. The zero-order valence-electron chi connectivity index (χ0n) is 32.9. The van der Waals surface area contributed by atoms with Gasteiger partial charge in [0.25, 0.3) is 0 Å². The summed E-state index contributed by atoms with van der Waals surface area (Å²) in [5.74, 6) is 0. The molecule has 2 aromatic carbocycles. The molecule has 0 bridgehead atoms. The van der Waals surface area contributed by atoms with Gasteiger partial charge in [-0.05, 0) is 0 Å². The predicted molar refractivity (Wildman–Crippen MR) is 217 cm³/mol. The number of fused-ring (bicyclic) bond motifs is 12. The molecule has 51 heavy (non-hydrogen) atoms. The van der Waals surface area contributed by atoms with E-state index >= 15 is 0 Å². The van der Waals surface area contributed by atoms with Crippen LogP contribution in [0.15, 0.2) is 72.8 Å². The number of pyridine rings is 2. The molecular formula is C46H58FeN2P2. The molecule has 5 heteroatoms. The van der Waals surface area contributed by atoms with Crippen molar-refractivity contribution in [2.45, 2.75) is 145 Å². The molecule has 10 fully saturated rings. The molecule has 10 aliphatic heterocycles. The Morgan fingerprint density at radius 2 is 1.02 bits per heavy atom. The molecule has 14 rings (SSSR count). The Labute approximate surface area is 299 Å². The molecule has 270 valence electrons. The van der Waals surface area contributed by atoms with Gasteiger partial charge in [0.1, 0.15) is 0 Å². The van der Waals surface area contributed by atoms with Gasteiger partial charge in [-0.15, -0.1) is 0 Å². The second-order valence-electron chi connectivity index (χ2n) is 25.1. The first-order valence-corrected chi connectivity index (χ1v) is 28.1. The first-order chi connectivity index (χ1) is 23.5. The van der Waals surface area contributed by atoms with Gasteiger partial charge in [-0.25, -0.2) is 0 Å². The van der Waals surface area contributed by atoms with Crippen LogP contribution in [0.5, 0.6) is 0 Å². The number of hydrogen-bond donors (Lipinski definition) is 0. The van der Waals surface area contributed by atoms with Crippen molar-refractivity contribution >= 4 is 39.0 Å². The van der Waals surface area contributed by atoms with Gasteiger partial charge < -0.3 is 0 Å². The van der Waals surface area contributed by atoms with Gasteiger partial charge in [-0.2, -0.15) is 0 Å². The van der Waals surface area contributed by atoms with E-state index in [0.29, 0.717) is 38.4 Å². The first-order valence-electron chi connectivity index (χ1n) is 20.0. The van der Waals surface area contributed by atoms with Crippen LogP contribution in [-0.4, -0.2) is 26.4 Å². The quantitative estimate of drug-likeness (QED) is 0.150. The molecule has 6 atom stereocenters. The van der Waals surface area contributed by atoms with Gasteiger partial charge in [-0.1, -0.05) is 0 Å². The van der Waals surface area contributed by atoms with E-state index in [9.17, 15) is 0 Å². The first kappa shape index (κ1) is 29.9. The summed E-state index contributed by atoms with van der Waals surface area (Å²) in [6.45, 7) is 27.5. The Balaban J connectivity index is 1.18. The molecule has 12 heterocycles. The zero-order valence-corrected chi connectivity index (χ0v) is 36.0. The fraction of sp³-hybridized carbons (Fsp3) is 0.609. The van der Waals surface area contributed by atoms with E-state index in [1.807, 2.05) is 0 Å². The van der Waals surface area contributed by atoms with Crippen molar-refractivity contribution in [1.29, 1.82) is 0 Å². The van der Waals surface area contributed by atoms with Crippen molar-refractivity contribution in [1.82, 2.24) is 9.97 Å². The van der Waals surface area contributed by atoms with E-state index in [0.717, 1.165) is 39.9 Å². The van der Waals surface area contributed by atoms with Gasteiger partial charge in [0.2, 0.25) is 0 Å². The summed E-state index contributed by atoms with van der Waals surface area (Å²) >= 11 is 0. The molecule has 6 unspecified atom stereocenters. The van der Waals surface area contributed by atoms with Crippen molar-refractivity contribution in [2.75, 3.05) is 6.16 Å². The molecule has 10 aliphatic rings. The Bertz CT molecular complexity index is 2720. The number of para-hydroxylation sites is 2. The molecule has 0 saturated carbocycles.